The van der Waals surface area contributed by atoms with Crippen LogP contribution in [-0.4, -0.2) is 19.6 Å². The van der Waals surface area contributed by atoms with Crippen LogP contribution in [0.4, 0.5) is 0 Å². The number of phenolic OH excluding ortho intramolecular Hbond substituents is 1. The first kappa shape index (κ1) is 27.6. The van der Waals surface area contributed by atoms with Crippen LogP contribution in [0.2, 0.25) is 0 Å². The maximum absolute atomic E-state index is 10.7. The summed E-state index contributed by atoms with van der Waals surface area (Å²) in [6, 6.07) is 43.3. The zero-order valence-electron chi connectivity index (χ0n) is 24.5. The first-order valence-electron chi connectivity index (χ1n) is 15.1. The van der Waals surface area contributed by atoms with Gasteiger partial charge in [0.05, 0.1) is 27.9 Å². The van der Waals surface area contributed by atoms with E-state index in [1.165, 1.54) is 0 Å². The third kappa shape index (κ3) is 4.08. The molecule has 0 fully saturated rings. The van der Waals surface area contributed by atoms with E-state index in [0.717, 1.165) is 82.8 Å². The van der Waals surface area contributed by atoms with Crippen molar-refractivity contribution in [3.8, 4) is 34.0 Å². The van der Waals surface area contributed by atoms with Crippen molar-refractivity contribution in [2.24, 2.45) is 0 Å². The van der Waals surface area contributed by atoms with Gasteiger partial charge in [-0.05, 0) is 66.0 Å². The molecule has 0 radical (unpaired) electrons. The molecule has 0 saturated heterocycles. The summed E-state index contributed by atoms with van der Waals surface area (Å²) >= 11 is 0. The van der Waals surface area contributed by atoms with E-state index < -0.39 is 0 Å². The molecule has 0 saturated carbocycles. The molecule has 47 heavy (non-hydrogen) atoms. The van der Waals surface area contributed by atoms with Crippen LogP contribution >= 0.6 is 0 Å². The average Bonchev–Trinajstić information content (AvgIpc) is 3.77. The molecule has 0 aliphatic carbocycles. The van der Waals surface area contributed by atoms with Gasteiger partial charge in [0.25, 0.3) is 0 Å². The van der Waals surface area contributed by atoms with Gasteiger partial charge in [0.2, 0.25) is 0 Å². The van der Waals surface area contributed by atoms with Crippen molar-refractivity contribution in [3.05, 3.63) is 134 Å². The zero-order chi connectivity index (χ0) is 30.4. The number of para-hydroxylation sites is 2. The summed E-state index contributed by atoms with van der Waals surface area (Å²) in [6.45, 7) is 0. The van der Waals surface area contributed by atoms with Gasteiger partial charge in [0.15, 0.2) is 0 Å². The van der Waals surface area contributed by atoms with E-state index in [9.17, 15) is 5.11 Å². The monoisotopic (exact) mass is 787 g/mol. The summed E-state index contributed by atoms with van der Waals surface area (Å²) in [6.07, 6.45) is 1.79. The molecule has 0 unspecified atom stereocenters. The first-order valence-corrected chi connectivity index (χ1v) is 15.1. The summed E-state index contributed by atoms with van der Waals surface area (Å²) in [5.41, 5.74) is 9.88. The quantitative estimate of drug-likeness (QED) is 0.181. The van der Waals surface area contributed by atoms with E-state index >= 15 is 0 Å². The third-order valence-electron chi connectivity index (χ3n) is 8.86. The van der Waals surface area contributed by atoms with Gasteiger partial charge >= 0.3 is 0 Å². The van der Waals surface area contributed by atoms with Crippen molar-refractivity contribution in [1.29, 1.82) is 0 Å². The van der Waals surface area contributed by atoms with E-state index in [0.29, 0.717) is 11.3 Å². The zero-order valence-corrected chi connectivity index (χ0v) is 26.8. The van der Waals surface area contributed by atoms with Gasteiger partial charge in [0.1, 0.15) is 16.9 Å². The molecule has 226 valence electrons. The SMILES string of the molecule is Oc1ccccc1-c1ccc2c(n1)c1c3c(ccc1n2-c1ccc2c(c1)oc1ccccc12)oc1ccc(-c2ccccn2)[c-]c13.[Pt]. The summed E-state index contributed by atoms with van der Waals surface area (Å²) in [7, 11) is 0. The average molecular weight is 788 g/mol. The van der Waals surface area contributed by atoms with Crippen LogP contribution in [0.5, 0.6) is 5.75 Å². The normalized spacial score (nSPS) is 11.7. The Morgan fingerprint density at radius 1 is 0.617 bits per heavy atom. The van der Waals surface area contributed by atoms with Crippen LogP contribution < -0.4 is 0 Å². The number of fused-ring (bicyclic) bond motifs is 10. The van der Waals surface area contributed by atoms with Gasteiger partial charge in [-0.3, -0.25) is 4.98 Å². The minimum atomic E-state index is 0. The summed E-state index contributed by atoms with van der Waals surface area (Å²) in [5.74, 6) is 0.181. The van der Waals surface area contributed by atoms with Gasteiger partial charge in [0, 0.05) is 71.9 Å². The van der Waals surface area contributed by atoms with E-state index in [4.69, 9.17) is 13.8 Å². The summed E-state index contributed by atoms with van der Waals surface area (Å²) in [4.78, 5) is 9.78. The predicted octanol–water partition coefficient (Wildman–Crippen LogP) is 10.2. The molecular weight excluding hydrogens is 766 g/mol. The van der Waals surface area contributed by atoms with Crippen LogP contribution in [0.3, 0.4) is 0 Å². The molecule has 0 amide bonds. The van der Waals surface area contributed by atoms with E-state index in [-0.39, 0.29) is 26.8 Å². The Kier molecular flexibility index (Phi) is 6.11. The van der Waals surface area contributed by atoms with Gasteiger partial charge < -0.3 is 18.5 Å². The fourth-order valence-electron chi connectivity index (χ4n) is 6.79. The third-order valence-corrected chi connectivity index (χ3v) is 8.86. The Labute approximate surface area is 281 Å². The van der Waals surface area contributed by atoms with Crippen molar-refractivity contribution in [2.75, 3.05) is 0 Å². The van der Waals surface area contributed by atoms with Crippen molar-refractivity contribution in [2.45, 2.75) is 0 Å². The molecule has 0 bridgehead atoms. The molecule has 7 heteroatoms. The fourth-order valence-corrected chi connectivity index (χ4v) is 6.79. The molecule has 0 atom stereocenters. The van der Waals surface area contributed by atoms with Gasteiger partial charge in [-0.1, -0.05) is 59.5 Å². The second-order valence-electron chi connectivity index (χ2n) is 11.5. The molecule has 10 aromatic rings. The molecule has 5 aromatic heterocycles. The Morgan fingerprint density at radius 3 is 2.30 bits per heavy atom. The van der Waals surface area contributed by atoms with Crippen molar-refractivity contribution in [3.63, 3.8) is 0 Å². The molecule has 5 heterocycles. The second kappa shape index (κ2) is 10.4. The Bertz CT molecular complexity index is 2830. The number of phenols is 1. The number of aromatic hydroxyl groups is 1. The number of furan rings is 2. The number of rotatable bonds is 3. The minimum Gasteiger partial charge on any atom is -0.507 e. The molecule has 10 rings (SSSR count). The maximum Gasteiger partial charge on any atom is 0.137 e. The van der Waals surface area contributed by atoms with Crippen molar-refractivity contribution in [1.82, 2.24) is 14.5 Å². The van der Waals surface area contributed by atoms with Crippen LogP contribution in [0.25, 0.3) is 94.0 Å². The van der Waals surface area contributed by atoms with Crippen LogP contribution in [0.1, 0.15) is 0 Å². The van der Waals surface area contributed by atoms with Gasteiger partial charge in [-0.2, -0.15) is 0 Å². The largest absolute Gasteiger partial charge is 0.507 e. The topological polar surface area (TPSA) is 77.2 Å². The molecule has 5 aromatic carbocycles. The van der Waals surface area contributed by atoms with E-state index in [1.54, 1.807) is 12.3 Å². The second-order valence-corrected chi connectivity index (χ2v) is 11.5. The molecule has 6 nitrogen and oxygen atoms in total. The smallest absolute Gasteiger partial charge is 0.137 e. The van der Waals surface area contributed by atoms with Crippen molar-refractivity contribution < 1.29 is 35.0 Å². The fraction of sp³-hybridized carbons (Fsp3) is 0. The number of nitrogens with zero attached hydrogens (tertiary/aromatic N) is 3. The standard InChI is InChI=1S/C40H22N3O3.Pt/c44-33-10-3-1-8-27(33)30-15-16-32-40(42-30)39-31(43(32)24-13-14-26-25-7-2-4-11-34(25)46-37(26)22-24)17-19-36-38(39)28-21-23(12-18-35(28)45-36)29-9-5-6-20-41-29;/h1-20,22,44H;/q-1;. The number of pyridine rings is 2. The number of hydrogen-bond donors (Lipinski definition) is 1. The number of hydrogen-bond acceptors (Lipinski definition) is 5. The molecule has 0 aliphatic heterocycles. The summed E-state index contributed by atoms with van der Waals surface area (Å²) in [5, 5.41) is 15.6. The number of benzene rings is 5. The number of aromatic nitrogens is 3. The minimum absolute atomic E-state index is 0. The van der Waals surface area contributed by atoms with Crippen LogP contribution in [0, 0.1) is 6.07 Å². The Hall–Kier alpha value is -5.71. The van der Waals surface area contributed by atoms with Crippen molar-refractivity contribution >= 4 is 65.8 Å². The molecule has 0 aliphatic rings. The van der Waals surface area contributed by atoms with Gasteiger partial charge in [-0.25, -0.2) is 4.98 Å². The molecule has 1 N–H and O–H groups in total. The first-order chi connectivity index (χ1) is 22.7. The van der Waals surface area contributed by atoms with Gasteiger partial charge in [-0.15, -0.1) is 12.1 Å². The predicted molar refractivity (Wildman–Crippen MR) is 182 cm³/mol. The summed E-state index contributed by atoms with van der Waals surface area (Å²) < 4.78 is 14.9. The van der Waals surface area contributed by atoms with E-state index in [1.807, 2.05) is 78.9 Å². The maximum atomic E-state index is 10.7. The Balaban J connectivity index is 0.00000302. The van der Waals surface area contributed by atoms with E-state index in [2.05, 4.69) is 52.0 Å². The Morgan fingerprint density at radius 2 is 1.40 bits per heavy atom. The molecular formula is C40H22N3O3Pt-. The van der Waals surface area contributed by atoms with Crippen LogP contribution in [0.15, 0.2) is 136 Å². The molecule has 0 spiro atoms. The van der Waals surface area contributed by atoms with Crippen LogP contribution in [-0.2, 0) is 21.1 Å².